The van der Waals surface area contributed by atoms with Gasteiger partial charge in [0, 0.05) is 11.8 Å². The Morgan fingerprint density at radius 3 is 2.52 bits per heavy atom. The number of anilines is 1. The first-order chi connectivity index (χ1) is 12.9. The highest BCUT2D eigenvalue weighted by Gasteiger charge is 2.43. The third-order valence-corrected chi connectivity index (χ3v) is 4.22. The predicted octanol–water partition coefficient (Wildman–Crippen LogP) is -0.884. The van der Waals surface area contributed by atoms with Gasteiger partial charge in [0.25, 0.3) is 5.91 Å². The van der Waals surface area contributed by atoms with Gasteiger partial charge >= 0.3 is 5.69 Å². The number of hydrogen-bond donors (Lipinski definition) is 4. The molecule has 144 valence electrons. The van der Waals surface area contributed by atoms with Gasteiger partial charge in [-0.3, -0.25) is 9.36 Å². The van der Waals surface area contributed by atoms with E-state index in [0.29, 0.717) is 11.3 Å². The Labute approximate surface area is 153 Å². The maximum Gasteiger partial charge on any atom is 0.351 e. The summed E-state index contributed by atoms with van der Waals surface area (Å²) in [5, 5.41) is 31.4. The second-order valence-corrected chi connectivity index (χ2v) is 5.91. The minimum Gasteiger partial charge on any atom is -0.497 e. The number of nitrogens with zero attached hydrogens (tertiary/aromatic N) is 2. The predicted molar refractivity (Wildman–Crippen MR) is 92.5 cm³/mol. The second-order valence-electron chi connectivity index (χ2n) is 5.91. The molecule has 2 heterocycles. The molecule has 0 radical (unpaired) electrons. The minimum absolute atomic E-state index is 0.0174. The van der Waals surface area contributed by atoms with Crippen LogP contribution in [-0.4, -0.2) is 62.8 Å². The van der Waals surface area contributed by atoms with Crippen LogP contribution in [0, 0.1) is 0 Å². The lowest BCUT2D eigenvalue weighted by Crippen LogP contribution is -2.36. The lowest BCUT2D eigenvalue weighted by Gasteiger charge is -2.17. The molecule has 27 heavy (non-hydrogen) atoms. The molecule has 1 aromatic heterocycles. The number of benzene rings is 1. The highest BCUT2D eigenvalue weighted by atomic mass is 16.6. The molecule has 10 heteroatoms. The van der Waals surface area contributed by atoms with Crippen LogP contribution >= 0.6 is 0 Å². The fourth-order valence-electron chi connectivity index (χ4n) is 2.72. The van der Waals surface area contributed by atoms with Gasteiger partial charge < -0.3 is 30.1 Å². The summed E-state index contributed by atoms with van der Waals surface area (Å²) in [6.45, 7) is -0.507. The number of aromatic nitrogens is 2. The summed E-state index contributed by atoms with van der Waals surface area (Å²) in [5.74, 6) is 0.157. The zero-order chi connectivity index (χ0) is 19.6. The first-order valence-corrected chi connectivity index (χ1v) is 8.11. The van der Waals surface area contributed by atoms with E-state index in [-0.39, 0.29) is 5.82 Å². The van der Waals surface area contributed by atoms with E-state index < -0.39 is 42.7 Å². The van der Waals surface area contributed by atoms with Crippen LogP contribution in [0.25, 0.3) is 0 Å². The Hall–Kier alpha value is -2.79. The van der Waals surface area contributed by atoms with Crippen LogP contribution in [0.15, 0.2) is 41.3 Å². The highest BCUT2D eigenvalue weighted by molar-refractivity contribution is 6.03. The Morgan fingerprint density at radius 2 is 1.96 bits per heavy atom. The van der Waals surface area contributed by atoms with Gasteiger partial charge in [0.15, 0.2) is 6.23 Å². The van der Waals surface area contributed by atoms with Crippen LogP contribution in [0.2, 0.25) is 0 Å². The van der Waals surface area contributed by atoms with E-state index >= 15 is 0 Å². The van der Waals surface area contributed by atoms with Crippen molar-refractivity contribution in [3.05, 3.63) is 52.6 Å². The summed E-state index contributed by atoms with van der Waals surface area (Å²) >= 11 is 0. The zero-order valence-electron chi connectivity index (χ0n) is 14.3. The molecule has 10 nitrogen and oxygen atoms in total. The summed E-state index contributed by atoms with van der Waals surface area (Å²) in [7, 11) is 1.51. The number of ether oxygens (including phenoxy) is 2. The Bertz CT molecular complexity index is 868. The van der Waals surface area contributed by atoms with E-state index in [1.54, 1.807) is 24.3 Å². The van der Waals surface area contributed by atoms with E-state index in [9.17, 15) is 19.8 Å². The lowest BCUT2D eigenvalue weighted by atomic mass is 10.1. The van der Waals surface area contributed by atoms with Crippen LogP contribution < -0.4 is 15.7 Å². The molecular formula is C17H19N3O7. The van der Waals surface area contributed by atoms with Crippen molar-refractivity contribution in [1.82, 2.24) is 9.55 Å². The van der Waals surface area contributed by atoms with Crippen molar-refractivity contribution in [1.29, 1.82) is 0 Å². The SMILES string of the molecule is COc1ccc(C(=O)Nc2ccn([C@H]3O[C@@H](CO)[C@@H](O)[C@H]3O)c(=O)n2)cc1. The van der Waals surface area contributed by atoms with Crippen molar-refractivity contribution in [3.8, 4) is 5.75 Å². The Morgan fingerprint density at radius 1 is 1.26 bits per heavy atom. The molecule has 1 amide bonds. The number of amides is 1. The molecule has 1 saturated heterocycles. The molecule has 0 saturated carbocycles. The standard InChI is InChI=1S/C17H19N3O7/c1-26-10-4-2-9(3-5-10)15(24)18-12-6-7-20(17(25)19-12)16-14(23)13(22)11(8-21)27-16/h2-7,11,13-14,16,21-23H,8H2,1H3,(H,18,19,24,25)/t11-,13+,14+,16-/m0/s1. The van der Waals surface area contributed by atoms with Gasteiger partial charge in [-0.2, -0.15) is 4.98 Å². The van der Waals surface area contributed by atoms with Crippen molar-refractivity contribution >= 4 is 11.7 Å². The molecule has 4 atom stereocenters. The zero-order valence-corrected chi connectivity index (χ0v) is 14.3. The van der Waals surface area contributed by atoms with E-state index in [0.717, 1.165) is 4.57 Å². The molecular weight excluding hydrogens is 358 g/mol. The minimum atomic E-state index is -1.40. The molecule has 3 rings (SSSR count). The normalized spacial score (nSPS) is 24.6. The van der Waals surface area contributed by atoms with Gasteiger partial charge in [0.1, 0.15) is 29.9 Å². The van der Waals surface area contributed by atoms with Gasteiger partial charge in [-0.1, -0.05) is 0 Å². The first-order valence-electron chi connectivity index (χ1n) is 8.11. The number of carbonyl (C=O) groups excluding carboxylic acids is 1. The highest BCUT2D eigenvalue weighted by Crippen LogP contribution is 2.28. The molecule has 1 aromatic carbocycles. The van der Waals surface area contributed by atoms with Gasteiger partial charge in [0.2, 0.25) is 0 Å². The maximum atomic E-state index is 12.2. The van der Waals surface area contributed by atoms with Crippen LogP contribution in [0.4, 0.5) is 5.82 Å². The van der Waals surface area contributed by atoms with Gasteiger partial charge in [-0.15, -0.1) is 0 Å². The van der Waals surface area contributed by atoms with Gasteiger partial charge in [-0.05, 0) is 30.3 Å². The van der Waals surface area contributed by atoms with Crippen LogP contribution in [0.1, 0.15) is 16.6 Å². The molecule has 0 bridgehead atoms. The monoisotopic (exact) mass is 377 g/mol. The van der Waals surface area contributed by atoms with E-state index in [1.165, 1.54) is 19.4 Å². The number of nitrogens with one attached hydrogen (secondary N) is 1. The van der Waals surface area contributed by atoms with Gasteiger partial charge in [0.05, 0.1) is 13.7 Å². The second kappa shape index (κ2) is 7.84. The van der Waals surface area contributed by atoms with Crippen molar-refractivity contribution in [2.75, 3.05) is 19.0 Å². The average molecular weight is 377 g/mol. The van der Waals surface area contributed by atoms with Crippen LogP contribution in [-0.2, 0) is 4.74 Å². The number of aliphatic hydroxyl groups excluding tert-OH is 3. The summed E-state index contributed by atoms with van der Waals surface area (Å²) in [6, 6.07) is 7.74. The van der Waals surface area contributed by atoms with Crippen LogP contribution in [0.5, 0.6) is 5.75 Å². The van der Waals surface area contributed by atoms with Crippen molar-refractivity contribution < 1.29 is 29.6 Å². The lowest BCUT2D eigenvalue weighted by molar-refractivity contribution is -0.0549. The number of hydrogen-bond acceptors (Lipinski definition) is 8. The molecule has 2 aromatic rings. The number of rotatable bonds is 5. The van der Waals surface area contributed by atoms with Crippen molar-refractivity contribution in [3.63, 3.8) is 0 Å². The summed E-state index contributed by atoms with van der Waals surface area (Å²) in [6.07, 6.45) is -3.66. The Balaban J connectivity index is 1.75. The molecule has 0 spiro atoms. The molecule has 1 aliphatic rings. The van der Waals surface area contributed by atoms with Gasteiger partial charge in [-0.25, -0.2) is 4.79 Å². The maximum absolute atomic E-state index is 12.2. The first kappa shape index (κ1) is 19.0. The summed E-state index contributed by atoms with van der Waals surface area (Å²) in [5.41, 5.74) is -0.442. The molecule has 0 unspecified atom stereocenters. The van der Waals surface area contributed by atoms with E-state index in [1.807, 2.05) is 0 Å². The topological polar surface area (TPSA) is 143 Å². The quantitative estimate of drug-likeness (QED) is 0.526. The fraction of sp³-hybridized carbons (Fsp3) is 0.353. The molecule has 1 aliphatic heterocycles. The largest absolute Gasteiger partial charge is 0.497 e. The van der Waals surface area contributed by atoms with Crippen molar-refractivity contribution in [2.24, 2.45) is 0 Å². The summed E-state index contributed by atoms with van der Waals surface area (Å²) < 4.78 is 11.3. The summed E-state index contributed by atoms with van der Waals surface area (Å²) in [4.78, 5) is 28.2. The number of aliphatic hydroxyl groups is 3. The van der Waals surface area contributed by atoms with E-state index in [2.05, 4.69) is 10.3 Å². The molecule has 4 N–H and O–H groups in total. The smallest absolute Gasteiger partial charge is 0.351 e. The third kappa shape index (κ3) is 3.83. The van der Waals surface area contributed by atoms with Crippen molar-refractivity contribution in [2.45, 2.75) is 24.5 Å². The molecule has 0 aliphatic carbocycles. The Kier molecular flexibility index (Phi) is 5.51. The third-order valence-electron chi connectivity index (χ3n) is 4.22. The van der Waals surface area contributed by atoms with Crippen LogP contribution in [0.3, 0.4) is 0 Å². The number of carbonyl (C=O) groups is 1. The van der Waals surface area contributed by atoms with E-state index in [4.69, 9.17) is 14.6 Å². The molecule has 1 fully saturated rings. The average Bonchev–Trinajstić information content (AvgIpc) is 2.96. The fourth-order valence-corrected chi connectivity index (χ4v) is 2.72. The number of methoxy groups -OCH3 is 1.